The van der Waals surface area contributed by atoms with Crippen LogP contribution in [0.15, 0.2) is 24.3 Å². The summed E-state index contributed by atoms with van der Waals surface area (Å²) in [5, 5.41) is 12.4. The molecule has 0 aromatic heterocycles. The van der Waals surface area contributed by atoms with Crippen molar-refractivity contribution in [2.45, 2.75) is 18.9 Å². The van der Waals surface area contributed by atoms with Gasteiger partial charge in [0.1, 0.15) is 5.82 Å². The lowest BCUT2D eigenvalue weighted by Gasteiger charge is -2.25. The van der Waals surface area contributed by atoms with Gasteiger partial charge < -0.3 is 10.4 Å². The number of nitrogens with two attached hydrogens (primary N) is 1. The highest BCUT2D eigenvalue weighted by Crippen LogP contribution is 2.27. The lowest BCUT2D eigenvalue weighted by atomic mass is 9.88. The Morgan fingerprint density at radius 2 is 1.80 bits per heavy atom. The van der Waals surface area contributed by atoms with Gasteiger partial charge in [0.25, 0.3) is 0 Å². The molecule has 0 saturated carbocycles. The van der Waals surface area contributed by atoms with Crippen molar-refractivity contribution in [2.75, 3.05) is 13.1 Å². The van der Waals surface area contributed by atoms with E-state index in [-0.39, 0.29) is 5.82 Å². The molecule has 3 heteroatoms. The van der Waals surface area contributed by atoms with Crippen LogP contribution in [0, 0.1) is 11.7 Å². The van der Waals surface area contributed by atoms with Gasteiger partial charge in [-0.25, -0.2) is 4.39 Å². The van der Waals surface area contributed by atoms with Gasteiger partial charge in [0.2, 0.25) is 0 Å². The molecule has 1 aromatic carbocycles. The highest BCUT2D eigenvalue weighted by atomic mass is 19.1. The van der Waals surface area contributed by atoms with Gasteiger partial charge in [-0.1, -0.05) is 12.1 Å². The number of piperidine rings is 1. The van der Waals surface area contributed by atoms with Gasteiger partial charge in [-0.2, -0.15) is 0 Å². The minimum atomic E-state index is -0.431. The zero-order chi connectivity index (χ0) is 10.7. The maximum Gasteiger partial charge on any atom is 0.123 e. The maximum atomic E-state index is 12.7. The van der Waals surface area contributed by atoms with E-state index in [0.29, 0.717) is 5.92 Å². The van der Waals surface area contributed by atoms with Gasteiger partial charge in [-0.05, 0) is 23.6 Å². The summed E-state index contributed by atoms with van der Waals surface area (Å²) >= 11 is 0. The van der Waals surface area contributed by atoms with Crippen molar-refractivity contribution < 1.29 is 14.8 Å². The molecule has 0 radical (unpaired) electrons. The molecule has 1 aliphatic rings. The molecule has 82 valence electrons. The summed E-state index contributed by atoms with van der Waals surface area (Å²) in [6.07, 6.45) is 1.65. The number of quaternary nitrogens is 1. The number of benzene rings is 1. The highest BCUT2D eigenvalue weighted by molar-refractivity contribution is 5.19. The van der Waals surface area contributed by atoms with Crippen LogP contribution in [-0.4, -0.2) is 18.2 Å². The van der Waals surface area contributed by atoms with Crippen LogP contribution in [0.1, 0.15) is 24.5 Å². The fourth-order valence-corrected chi connectivity index (χ4v) is 2.20. The predicted molar refractivity (Wildman–Crippen MR) is 55.7 cm³/mol. The van der Waals surface area contributed by atoms with Gasteiger partial charge >= 0.3 is 0 Å². The molecule has 0 spiro atoms. The molecular formula is C12H17FNO+. The number of hydrogen-bond acceptors (Lipinski definition) is 1. The molecule has 2 rings (SSSR count). The first kappa shape index (κ1) is 10.6. The van der Waals surface area contributed by atoms with Crippen molar-refractivity contribution in [3.63, 3.8) is 0 Å². The van der Waals surface area contributed by atoms with Crippen LogP contribution >= 0.6 is 0 Å². The number of hydrogen-bond donors (Lipinski definition) is 2. The van der Waals surface area contributed by atoms with E-state index in [4.69, 9.17) is 0 Å². The summed E-state index contributed by atoms with van der Waals surface area (Å²) in [5.41, 5.74) is 0.836. The van der Waals surface area contributed by atoms with E-state index in [9.17, 15) is 9.50 Å². The predicted octanol–water partition coefficient (Wildman–Crippen LogP) is 0.833. The normalized spacial score (nSPS) is 20.1. The minimum Gasteiger partial charge on any atom is -0.388 e. The largest absolute Gasteiger partial charge is 0.388 e. The molecule has 0 aliphatic carbocycles. The summed E-state index contributed by atoms with van der Waals surface area (Å²) in [7, 11) is 0. The van der Waals surface area contributed by atoms with Crippen molar-refractivity contribution in [3.05, 3.63) is 35.6 Å². The highest BCUT2D eigenvalue weighted by Gasteiger charge is 2.24. The number of halogens is 1. The van der Waals surface area contributed by atoms with Crippen molar-refractivity contribution in [3.8, 4) is 0 Å². The van der Waals surface area contributed by atoms with Crippen LogP contribution in [0.3, 0.4) is 0 Å². The molecule has 0 bridgehead atoms. The standard InChI is InChI=1S/C12H16FNO/c13-11-3-1-9(2-4-11)12(15)10-5-7-14-8-6-10/h1-4,10,12,14-15H,5-8H2/p+1/t12-/m0/s1. The Hall–Kier alpha value is -0.930. The van der Waals surface area contributed by atoms with E-state index in [1.165, 1.54) is 12.1 Å². The molecule has 2 nitrogen and oxygen atoms in total. The van der Waals surface area contributed by atoms with Gasteiger partial charge in [0.15, 0.2) is 0 Å². The number of aliphatic hydroxyl groups excluding tert-OH is 1. The van der Waals surface area contributed by atoms with Crippen LogP contribution in [-0.2, 0) is 0 Å². The second-order valence-corrected chi connectivity index (χ2v) is 4.20. The van der Waals surface area contributed by atoms with Gasteiger partial charge in [0.05, 0.1) is 19.2 Å². The molecule has 1 saturated heterocycles. The molecule has 1 heterocycles. The first-order valence-electron chi connectivity index (χ1n) is 5.52. The van der Waals surface area contributed by atoms with Crippen LogP contribution in [0.4, 0.5) is 4.39 Å². The van der Waals surface area contributed by atoms with Gasteiger partial charge in [-0.3, -0.25) is 0 Å². The quantitative estimate of drug-likeness (QED) is 0.745. The zero-order valence-corrected chi connectivity index (χ0v) is 8.70. The first-order valence-corrected chi connectivity index (χ1v) is 5.52. The molecule has 1 aliphatic heterocycles. The summed E-state index contributed by atoms with van der Waals surface area (Å²) < 4.78 is 12.7. The molecule has 1 fully saturated rings. The third-order valence-corrected chi connectivity index (χ3v) is 3.14. The fraction of sp³-hybridized carbons (Fsp3) is 0.500. The second-order valence-electron chi connectivity index (χ2n) is 4.20. The molecule has 15 heavy (non-hydrogen) atoms. The Kier molecular flexibility index (Phi) is 3.34. The van der Waals surface area contributed by atoms with E-state index >= 15 is 0 Å². The summed E-state index contributed by atoms with van der Waals surface area (Å²) in [5.74, 6) is 0.0865. The Morgan fingerprint density at radius 1 is 1.20 bits per heavy atom. The molecule has 3 N–H and O–H groups in total. The molecule has 1 aromatic rings. The second kappa shape index (κ2) is 4.73. The average molecular weight is 210 g/mol. The van der Waals surface area contributed by atoms with E-state index in [1.807, 2.05) is 0 Å². The van der Waals surface area contributed by atoms with E-state index in [2.05, 4.69) is 5.32 Å². The minimum absolute atomic E-state index is 0.247. The lowest BCUT2D eigenvalue weighted by Crippen LogP contribution is -2.86. The summed E-state index contributed by atoms with van der Waals surface area (Å²) in [4.78, 5) is 0. The third-order valence-electron chi connectivity index (χ3n) is 3.14. The van der Waals surface area contributed by atoms with Gasteiger partial charge in [-0.15, -0.1) is 0 Å². The summed E-state index contributed by atoms with van der Waals surface area (Å²) in [6.45, 7) is 2.17. The van der Waals surface area contributed by atoms with Crippen LogP contribution in [0.25, 0.3) is 0 Å². The lowest BCUT2D eigenvalue weighted by molar-refractivity contribution is -0.665. The van der Waals surface area contributed by atoms with Crippen LogP contribution in [0.5, 0.6) is 0 Å². The maximum absolute atomic E-state index is 12.7. The first-order chi connectivity index (χ1) is 7.27. The molecular weight excluding hydrogens is 193 g/mol. The van der Waals surface area contributed by atoms with E-state index in [1.54, 1.807) is 12.1 Å². The molecule has 0 amide bonds. The van der Waals surface area contributed by atoms with Crippen molar-refractivity contribution >= 4 is 0 Å². The van der Waals surface area contributed by atoms with Crippen molar-refractivity contribution in [1.29, 1.82) is 0 Å². The van der Waals surface area contributed by atoms with Crippen LogP contribution < -0.4 is 5.32 Å². The van der Waals surface area contributed by atoms with Gasteiger partial charge in [0, 0.05) is 12.8 Å². The Labute approximate surface area is 89.1 Å². The Balaban J connectivity index is 2.05. The third kappa shape index (κ3) is 2.55. The fourth-order valence-electron chi connectivity index (χ4n) is 2.20. The van der Waals surface area contributed by atoms with Crippen molar-refractivity contribution in [2.24, 2.45) is 5.92 Å². The smallest absolute Gasteiger partial charge is 0.123 e. The summed E-state index contributed by atoms with van der Waals surface area (Å²) in [6, 6.07) is 6.18. The topological polar surface area (TPSA) is 36.8 Å². The monoisotopic (exact) mass is 210 g/mol. The molecule has 0 unspecified atom stereocenters. The Morgan fingerprint density at radius 3 is 2.40 bits per heavy atom. The van der Waals surface area contributed by atoms with E-state index < -0.39 is 6.10 Å². The molecule has 1 atom stereocenters. The SMILES string of the molecule is O[C@@H](c1ccc(F)cc1)C1CC[NH2+]CC1. The average Bonchev–Trinajstić information content (AvgIpc) is 2.30. The van der Waals surface area contributed by atoms with E-state index in [0.717, 1.165) is 31.5 Å². The number of rotatable bonds is 2. The Bertz CT molecular complexity index is 306. The van der Waals surface area contributed by atoms with Crippen molar-refractivity contribution in [1.82, 2.24) is 0 Å². The zero-order valence-electron chi connectivity index (χ0n) is 8.70. The van der Waals surface area contributed by atoms with Crippen LogP contribution in [0.2, 0.25) is 0 Å². The number of aliphatic hydroxyl groups is 1.